The fourth-order valence-corrected chi connectivity index (χ4v) is 2.61. The zero-order valence-electron chi connectivity index (χ0n) is 12.2. The number of hydrogen-bond acceptors (Lipinski definition) is 4. The number of amides is 1. The van der Waals surface area contributed by atoms with Gasteiger partial charge in [-0.1, -0.05) is 30.3 Å². The molecule has 0 aliphatic carbocycles. The number of carbonyl (C=O) groups is 2. The van der Waals surface area contributed by atoms with Crippen molar-refractivity contribution in [3.63, 3.8) is 0 Å². The first-order chi connectivity index (χ1) is 10.1. The summed E-state index contributed by atoms with van der Waals surface area (Å²) in [6.07, 6.45) is 0.369. The molecule has 0 saturated carbocycles. The Morgan fingerprint density at radius 1 is 1.33 bits per heavy atom. The first-order valence-electron chi connectivity index (χ1n) is 7.22. The molecule has 1 saturated heterocycles. The van der Waals surface area contributed by atoms with E-state index in [1.165, 1.54) is 11.8 Å². The predicted octanol–water partition coefficient (Wildman–Crippen LogP) is 2.13. The Morgan fingerprint density at radius 3 is 2.71 bits per heavy atom. The van der Waals surface area contributed by atoms with E-state index in [4.69, 9.17) is 4.74 Å². The van der Waals surface area contributed by atoms with E-state index in [-0.39, 0.29) is 18.8 Å². The molecule has 1 aromatic rings. The van der Waals surface area contributed by atoms with Crippen molar-refractivity contribution in [1.29, 1.82) is 0 Å². The molecule has 0 aromatic heterocycles. The number of rotatable bonds is 4. The van der Waals surface area contributed by atoms with E-state index >= 15 is 0 Å². The van der Waals surface area contributed by atoms with Crippen molar-refractivity contribution >= 4 is 11.9 Å². The summed E-state index contributed by atoms with van der Waals surface area (Å²) in [6, 6.07) is 8.95. The van der Waals surface area contributed by atoms with Crippen molar-refractivity contribution in [2.24, 2.45) is 0 Å². The largest absolute Gasteiger partial charge is 0.445 e. The van der Waals surface area contributed by atoms with Crippen LogP contribution in [-0.2, 0) is 16.1 Å². The lowest BCUT2D eigenvalue weighted by atomic mass is 9.95. The van der Waals surface area contributed by atoms with Gasteiger partial charge in [0, 0.05) is 13.0 Å². The van der Waals surface area contributed by atoms with Gasteiger partial charge in [-0.25, -0.2) is 4.79 Å². The van der Waals surface area contributed by atoms with Gasteiger partial charge in [0.15, 0.2) is 0 Å². The standard InChI is InChI=1S/C16H21NO4/c1-12(18)10-14-15(19)8-5-9-17(14)16(20)21-11-13-6-3-2-4-7-13/h2-4,6-7,14-15,19H,5,8-11H2,1H3. The molecule has 0 spiro atoms. The molecule has 1 N–H and O–H groups in total. The molecule has 1 aromatic carbocycles. The van der Waals surface area contributed by atoms with E-state index in [9.17, 15) is 14.7 Å². The van der Waals surface area contributed by atoms with Gasteiger partial charge in [-0.3, -0.25) is 4.79 Å². The number of piperidine rings is 1. The maximum Gasteiger partial charge on any atom is 0.410 e. The summed E-state index contributed by atoms with van der Waals surface area (Å²) in [6.45, 7) is 2.18. The number of hydrogen-bond donors (Lipinski definition) is 1. The van der Waals surface area contributed by atoms with Gasteiger partial charge in [-0.2, -0.15) is 0 Å². The highest BCUT2D eigenvalue weighted by Gasteiger charge is 2.34. The smallest absolute Gasteiger partial charge is 0.410 e. The fourth-order valence-electron chi connectivity index (χ4n) is 2.61. The molecule has 1 fully saturated rings. The van der Waals surface area contributed by atoms with E-state index < -0.39 is 18.2 Å². The number of aliphatic hydroxyl groups is 1. The summed E-state index contributed by atoms with van der Waals surface area (Å²) in [5.74, 6) is -0.0400. The number of ether oxygens (including phenoxy) is 1. The second-order valence-corrected chi connectivity index (χ2v) is 5.42. The lowest BCUT2D eigenvalue weighted by Crippen LogP contribution is -2.51. The van der Waals surface area contributed by atoms with Crippen LogP contribution >= 0.6 is 0 Å². The lowest BCUT2D eigenvalue weighted by molar-refractivity contribution is -0.119. The Morgan fingerprint density at radius 2 is 2.05 bits per heavy atom. The molecule has 0 radical (unpaired) electrons. The second kappa shape index (κ2) is 7.22. The zero-order valence-corrected chi connectivity index (χ0v) is 12.2. The summed E-state index contributed by atoms with van der Waals surface area (Å²) in [5.41, 5.74) is 0.909. The third-order valence-corrected chi connectivity index (χ3v) is 3.68. The minimum atomic E-state index is -0.660. The number of aliphatic hydroxyl groups excluding tert-OH is 1. The number of carbonyl (C=O) groups excluding carboxylic acids is 2. The first-order valence-corrected chi connectivity index (χ1v) is 7.22. The molecule has 0 bridgehead atoms. The van der Waals surface area contributed by atoms with Crippen molar-refractivity contribution in [1.82, 2.24) is 4.90 Å². The summed E-state index contributed by atoms with van der Waals surface area (Å²) in [4.78, 5) is 25.0. The minimum absolute atomic E-state index is 0.0400. The molecule has 114 valence electrons. The van der Waals surface area contributed by atoms with E-state index in [0.717, 1.165) is 12.0 Å². The van der Waals surface area contributed by atoms with Crippen LogP contribution in [0.25, 0.3) is 0 Å². The summed E-state index contributed by atoms with van der Waals surface area (Å²) in [7, 11) is 0. The highest BCUT2D eigenvalue weighted by molar-refractivity contribution is 5.77. The fraction of sp³-hybridized carbons (Fsp3) is 0.500. The van der Waals surface area contributed by atoms with Crippen LogP contribution in [0.4, 0.5) is 4.79 Å². The molecule has 1 aliphatic heterocycles. The van der Waals surface area contributed by atoms with Gasteiger partial charge >= 0.3 is 6.09 Å². The van der Waals surface area contributed by atoms with Crippen LogP contribution in [0.2, 0.25) is 0 Å². The number of benzene rings is 1. The Hall–Kier alpha value is -1.88. The number of nitrogens with zero attached hydrogens (tertiary/aromatic N) is 1. The normalized spacial score (nSPS) is 21.9. The third-order valence-electron chi connectivity index (χ3n) is 3.68. The second-order valence-electron chi connectivity index (χ2n) is 5.42. The van der Waals surface area contributed by atoms with Gasteiger partial charge in [0.25, 0.3) is 0 Å². The van der Waals surface area contributed by atoms with Crippen LogP contribution < -0.4 is 0 Å². The van der Waals surface area contributed by atoms with Crippen molar-refractivity contribution in [2.45, 2.75) is 44.9 Å². The van der Waals surface area contributed by atoms with Crippen LogP contribution in [0, 0.1) is 0 Å². The maximum absolute atomic E-state index is 12.2. The monoisotopic (exact) mass is 291 g/mol. The summed E-state index contributed by atoms with van der Waals surface area (Å²) >= 11 is 0. The Bertz CT molecular complexity index is 488. The highest BCUT2D eigenvalue weighted by atomic mass is 16.6. The van der Waals surface area contributed by atoms with E-state index in [0.29, 0.717) is 13.0 Å². The minimum Gasteiger partial charge on any atom is -0.445 e. The Kier molecular flexibility index (Phi) is 5.33. The van der Waals surface area contributed by atoms with Crippen LogP contribution in [0.15, 0.2) is 30.3 Å². The topological polar surface area (TPSA) is 66.8 Å². The number of likely N-dealkylation sites (tertiary alicyclic amines) is 1. The molecule has 2 atom stereocenters. The quantitative estimate of drug-likeness (QED) is 0.923. The van der Waals surface area contributed by atoms with Crippen LogP contribution in [0.3, 0.4) is 0 Å². The van der Waals surface area contributed by atoms with E-state index in [1.54, 1.807) is 0 Å². The average Bonchev–Trinajstić information content (AvgIpc) is 2.47. The molecule has 21 heavy (non-hydrogen) atoms. The van der Waals surface area contributed by atoms with Crippen LogP contribution in [0.1, 0.15) is 31.7 Å². The van der Waals surface area contributed by atoms with Crippen molar-refractivity contribution < 1.29 is 19.4 Å². The first kappa shape index (κ1) is 15.5. The maximum atomic E-state index is 12.2. The van der Waals surface area contributed by atoms with Gasteiger partial charge in [-0.15, -0.1) is 0 Å². The molecule has 5 heteroatoms. The Balaban J connectivity index is 1.96. The van der Waals surface area contributed by atoms with Crippen molar-refractivity contribution in [3.8, 4) is 0 Å². The molecule has 2 unspecified atom stereocenters. The lowest BCUT2D eigenvalue weighted by Gasteiger charge is -2.37. The average molecular weight is 291 g/mol. The van der Waals surface area contributed by atoms with E-state index in [1.807, 2.05) is 30.3 Å². The molecular formula is C16H21NO4. The Labute approximate surface area is 124 Å². The van der Waals surface area contributed by atoms with Gasteiger partial charge in [-0.05, 0) is 25.3 Å². The molecular weight excluding hydrogens is 270 g/mol. The predicted molar refractivity (Wildman–Crippen MR) is 77.7 cm³/mol. The molecule has 1 aliphatic rings. The molecule has 1 heterocycles. The zero-order chi connectivity index (χ0) is 15.2. The van der Waals surface area contributed by atoms with Gasteiger partial charge in [0.1, 0.15) is 12.4 Å². The number of Topliss-reactive ketones (excluding diaryl/α,β-unsaturated/α-hetero) is 1. The summed E-state index contributed by atoms with van der Waals surface area (Å²) < 4.78 is 5.29. The molecule has 1 amide bonds. The SMILES string of the molecule is CC(=O)CC1C(O)CCCN1C(=O)OCc1ccccc1. The van der Waals surface area contributed by atoms with E-state index in [2.05, 4.69) is 0 Å². The van der Waals surface area contributed by atoms with Crippen LogP contribution in [0.5, 0.6) is 0 Å². The van der Waals surface area contributed by atoms with Gasteiger partial charge < -0.3 is 14.7 Å². The third kappa shape index (κ3) is 4.29. The van der Waals surface area contributed by atoms with Gasteiger partial charge in [0.05, 0.1) is 12.1 Å². The van der Waals surface area contributed by atoms with Crippen LogP contribution in [-0.4, -0.2) is 40.6 Å². The van der Waals surface area contributed by atoms with Crippen molar-refractivity contribution in [3.05, 3.63) is 35.9 Å². The molecule has 5 nitrogen and oxygen atoms in total. The summed E-state index contributed by atoms with van der Waals surface area (Å²) in [5, 5.41) is 10.0. The number of ketones is 1. The van der Waals surface area contributed by atoms with Crippen molar-refractivity contribution in [2.75, 3.05) is 6.54 Å². The highest BCUT2D eigenvalue weighted by Crippen LogP contribution is 2.22. The van der Waals surface area contributed by atoms with Gasteiger partial charge in [0.2, 0.25) is 0 Å². The molecule has 2 rings (SSSR count).